The minimum Gasteiger partial charge on any atom is -0.348 e. The molecule has 2 N–H and O–H groups in total. The molecule has 1 heterocycles. The van der Waals surface area contributed by atoms with Crippen molar-refractivity contribution in [3.8, 4) is 0 Å². The number of benzene rings is 1. The molecule has 1 aliphatic carbocycles. The van der Waals surface area contributed by atoms with E-state index in [2.05, 4.69) is 29.7 Å². The van der Waals surface area contributed by atoms with Crippen LogP contribution in [-0.2, 0) is 0 Å². The lowest BCUT2D eigenvalue weighted by molar-refractivity contribution is 0.0927. The first-order valence-corrected chi connectivity index (χ1v) is 7.92. The van der Waals surface area contributed by atoms with Gasteiger partial charge in [0.1, 0.15) is 0 Å². The highest BCUT2D eigenvalue weighted by molar-refractivity contribution is 5.94. The number of hydrogen-bond donors (Lipinski definition) is 2. The molecule has 1 saturated carbocycles. The van der Waals surface area contributed by atoms with Crippen LogP contribution >= 0.6 is 0 Å². The van der Waals surface area contributed by atoms with Gasteiger partial charge in [-0.1, -0.05) is 19.1 Å². The van der Waals surface area contributed by atoms with Gasteiger partial charge in [-0.25, -0.2) is 0 Å². The quantitative estimate of drug-likeness (QED) is 0.865. The molecule has 0 bridgehead atoms. The van der Waals surface area contributed by atoms with Gasteiger partial charge in [0.05, 0.1) is 0 Å². The summed E-state index contributed by atoms with van der Waals surface area (Å²) in [5.74, 6) is 0.811. The van der Waals surface area contributed by atoms with E-state index in [4.69, 9.17) is 0 Å². The number of carbonyl (C=O) groups excluding carboxylic acids is 1. The molecule has 1 aliphatic heterocycles. The fourth-order valence-corrected chi connectivity index (χ4v) is 3.12. The van der Waals surface area contributed by atoms with Crippen LogP contribution in [0, 0.1) is 0 Å². The molecule has 1 saturated heterocycles. The maximum atomic E-state index is 12.3. The molecule has 2 aliphatic rings. The molecule has 3 nitrogen and oxygen atoms in total. The molecular formula is C17H24N2O. The number of amides is 1. The van der Waals surface area contributed by atoms with Gasteiger partial charge in [-0.15, -0.1) is 0 Å². The molecule has 0 spiro atoms. The predicted molar refractivity (Wildman–Crippen MR) is 81.0 cm³/mol. The normalized spacial score (nSPS) is 23.6. The molecule has 20 heavy (non-hydrogen) atoms. The van der Waals surface area contributed by atoms with Crippen LogP contribution in [-0.4, -0.2) is 24.5 Å². The van der Waals surface area contributed by atoms with Crippen LogP contribution in [0.2, 0.25) is 0 Å². The van der Waals surface area contributed by atoms with Gasteiger partial charge in [0.2, 0.25) is 0 Å². The van der Waals surface area contributed by atoms with Crippen LogP contribution in [0.3, 0.4) is 0 Å². The highest BCUT2D eigenvalue weighted by Gasteiger charge is 2.26. The zero-order valence-electron chi connectivity index (χ0n) is 12.2. The van der Waals surface area contributed by atoms with Crippen molar-refractivity contribution >= 4 is 5.91 Å². The van der Waals surface area contributed by atoms with E-state index in [1.807, 2.05) is 12.1 Å². The molecule has 2 atom stereocenters. The van der Waals surface area contributed by atoms with Crippen molar-refractivity contribution in [1.29, 1.82) is 0 Å². The summed E-state index contributed by atoms with van der Waals surface area (Å²) in [4.78, 5) is 12.3. The number of nitrogens with one attached hydrogen (secondary N) is 2. The van der Waals surface area contributed by atoms with E-state index in [9.17, 15) is 4.79 Å². The van der Waals surface area contributed by atoms with Gasteiger partial charge < -0.3 is 10.6 Å². The summed E-state index contributed by atoms with van der Waals surface area (Å²) in [6.45, 7) is 3.22. The molecule has 108 valence electrons. The first-order valence-electron chi connectivity index (χ1n) is 7.92. The average molecular weight is 272 g/mol. The molecule has 2 fully saturated rings. The Morgan fingerprint density at radius 2 is 2.05 bits per heavy atom. The third kappa shape index (κ3) is 3.04. The molecule has 0 aromatic heterocycles. The maximum absolute atomic E-state index is 12.3. The zero-order valence-corrected chi connectivity index (χ0v) is 12.2. The Hall–Kier alpha value is -1.35. The van der Waals surface area contributed by atoms with Crippen LogP contribution in [0.4, 0.5) is 0 Å². The summed E-state index contributed by atoms with van der Waals surface area (Å²) >= 11 is 0. The Morgan fingerprint density at radius 3 is 2.60 bits per heavy atom. The fourth-order valence-electron chi connectivity index (χ4n) is 3.12. The third-order valence-electron chi connectivity index (χ3n) is 4.56. The van der Waals surface area contributed by atoms with Gasteiger partial charge >= 0.3 is 0 Å². The maximum Gasteiger partial charge on any atom is 0.251 e. The van der Waals surface area contributed by atoms with E-state index in [-0.39, 0.29) is 11.9 Å². The van der Waals surface area contributed by atoms with E-state index in [1.54, 1.807) is 0 Å². The second-order valence-electron chi connectivity index (χ2n) is 6.09. The second-order valence-corrected chi connectivity index (χ2v) is 6.09. The lowest BCUT2D eigenvalue weighted by Gasteiger charge is -2.23. The molecule has 1 amide bonds. The minimum atomic E-state index is 0.0629. The zero-order chi connectivity index (χ0) is 13.9. The van der Waals surface area contributed by atoms with Gasteiger partial charge in [-0.05, 0) is 62.3 Å². The van der Waals surface area contributed by atoms with E-state index < -0.39 is 0 Å². The van der Waals surface area contributed by atoms with E-state index in [1.165, 1.54) is 31.2 Å². The lowest BCUT2D eigenvalue weighted by atomic mass is 10.0. The van der Waals surface area contributed by atoms with Gasteiger partial charge in [0, 0.05) is 17.6 Å². The van der Waals surface area contributed by atoms with Crippen molar-refractivity contribution in [2.75, 3.05) is 6.54 Å². The fraction of sp³-hybridized carbons (Fsp3) is 0.588. The summed E-state index contributed by atoms with van der Waals surface area (Å²) < 4.78 is 0. The van der Waals surface area contributed by atoms with Crippen molar-refractivity contribution < 1.29 is 4.79 Å². The molecular weight excluding hydrogens is 248 g/mol. The third-order valence-corrected chi connectivity index (χ3v) is 4.56. The number of hydrogen-bond acceptors (Lipinski definition) is 2. The molecule has 0 radical (unpaired) electrons. The Kier molecular flexibility index (Phi) is 4.06. The minimum absolute atomic E-state index is 0.0629. The highest BCUT2D eigenvalue weighted by atomic mass is 16.1. The topological polar surface area (TPSA) is 41.1 Å². The van der Waals surface area contributed by atoms with Crippen molar-refractivity contribution in [3.63, 3.8) is 0 Å². The summed E-state index contributed by atoms with van der Waals surface area (Å²) in [6.07, 6.45) is 5.96. The van der Waals surface area contributed by atoms with Gasteiger partial charge in [0.15, 0.2) is 0 Å². The van der Waals surface area contributed by atoms with Crippen LogP contribution in [0.5, 0.6) is 0 Å². The molecule has 3 rings (SSSR count). The van der Waals surface area contributed by atoms with E-state index >= 15 is 0 Å². The van der Waals surface area contributed by atoms with Crippen molar-refractivity contribution in [3.05, 3.63) is 35.4 Å². The Morgan fingerprint density at radius 1 is 1.30 bits per heavy atom. The SMILES string of the molecule is CCC(NC(=O)c1ccc(C2CC2)cc1)C1CCCN1. The number of carbonyl (C=O) groups is 1. The highest BCUT2D eigenvalue weighted by Crippen LogP contribution is 2.39. The standard InChI is InChI=1S/C17H24N2O/c1-2-15(16-4-3-11-18-16)19-17(20)14-9-7-13(8-10-14)12-5-6-12/h7-10,12,15-16,18H,2-6,11H2,1H3,(H,19,20). The largest absolute Gasteiger partial charge is 0.348 e. The predicted octanol–water partition coefficient (Wildman–Crippen LogP) is 2.82. The molecule has 2 unspecified atom stereocenters. The summed E-state index contributed by atoms with van der Waals surface area (Å²) in [7, 11) is 0. The van der Waals surface area contributed by atoms with Gasteiger partial charge in [0.25, 0.3) is 5.91 Å². The van der Waals surface area contributed by atoms with Crippen LogP contribution < -0.4 is 10.6 Å². The molecule has 3 heteroatoms. The van der Waals surface area contributed by atoms with Crippen LogP contribution in [0.15, 0.2) is 24.3 Å². The monoisotopic (exact) mass is 272 g/mol. The first kappa shape index (κ1) is 13.6. The van der Waals surface area contributed by atoms with Crippen LogP contribution in [0.1, 0.15) is 60.9 Å². The van der Waals surface area contributed by atoms with Gasteiger partial charge in [-0.3, -0.25) is 4.79 Å². The molecule has 1 aromatic carbocycles. The van der Waals surface area contributed by atoms with Crippen molar-refractivity contribution in [1.82, 2.24) is 10.6 Å². The molecule has 1 aromatic rings. The van der Waals surface area contributed by atoms with Crippen molar-refractivity contribution in [2.45, 2.75) is 57.0 Å². The summed E-state index contributed by atoms with van der Waals surface area (Å²) in [5.41, 5.74) is 2.16. The summed E-state index contributed by atoms with van der Waals surface area (Å²) in [6, 6.07) is 8.85. The van der Waals surface area contributed by atoms with E-state index in [0.717, 1.165) is 24.4 Å². The Labute approximate surface area is 121 Å². The summed E-state index contributed by atoms with van der Waals surface area (Å²) in [5, 5.41) is 6.67. The van der Waals surface area contributed by atoms with Gasteiger partial charge in [-0.2, -0.15) is 0 Å². The first-order chi connectivity index (χ1) is 9.78. The second kappa shape index (κ2) is 5.96. The van der Waals surface area contributed by atoms with Crippen molar-refractivity contribution in [2.24, 2.45) is 0 Å². The average Bonchev–Trinajstić information content (AvgIpc) is 3.20. The number of rotatable bonds is 5. The van der Waals surface area contributed by atoms with Crippen LogP contribution in [0.25, 0.3) is 0 Å². The Bertz CT molecular complexity index is 458. The smallest absolute Gasteiger partial charge is 0.251 e. The lowest BCUT2D eigenvalue weighted by Crippen LogP contribution is -2.47. The van der Waals surface area contributed by atoms with E-state index in [0.29, 0.717) is 6.04 Å². The Balaban J connectivity index is 1.61.